The lowest BCUT2D eigenvalue weighted by atomic mass is 10.1. The van der Waals surface area contributed by atoms with E-state index in [9.17, 15) is 0 Å². The van der Waals surface area contributed by atoms with Gasteiger partial charge in [0.2, 0.25) is 0 Å². The first-order valence-electron chi connectivity index (χ1n) is 30.1. The molecule has 0 spiro atoms. The van der Waals surface area contributed by atoms with E-state index in [1.54, 1.807) is 22.3 Å². The van der Waals surface area contributed by atoms with Gasteiger partial charge >= 0.3 is 0 Å². The first-order chi connectivity index (χ1) is 33.0. The van der Waals surface area contributed by atoms with Gasteiger partial charge in [-0.15, -0.1) is 0 Å². The van der Waals surface area contributed by atoms with Crippen LogP contribution in [0, 0.1) is 0 Å². The summed E-state index contributed by atoms with van der Waals surface area (Å²) >= 11 is 0. The average molecular weight is 1250 g/mol. The summed E-state index contributed by atoms with van der Waals surface area (Å²) in [6.07, 6.45) is 0. The zero-order chi connectivity index (χ0) is 60.2. The van der Waals surface area contributed by atoms with Crippen molar-refractivity contribution in [3.8, 4) is 0 Å². The third kappa shape index (κ3) is 12.7. The van der Waals surface area contributed by atoms with Crippen LogP contribution in [-0.4, -0.2) is 105 Å². The van der Waals surface area contributed by atoms with Crippen LogP contribution in [0.25, 0.3) is 0 Å². The van der Waals surface area contributed by atoms with E-state index in [2.05, 4.69) is 282 Å². The van der Waals surface area contributed by atoms with E-state index < -0.39 is 105 Å². The summed E-state index contributed by atoms with van der Waals surface area (Å²) in [4.78, 5) is 0. The van der Waals surface area contributed by atoms with E-state index in [0.29, 0.717) is 5.54 Å². The standard InChI is InChI=1S/C63H124Si13/c1-44-45(2)47(4)54(46(44)3)76(51-41-48(64(5,6)7)55(67(14,15)16)61(73(32,33)34)58(51)70(23,24)25,52-42-49(65(8,9)10)56(68(17,18)19)62(74(35,36)37)59(52)71(26,27)28)53-43-50(66(11,12)13)57(69(20,21)22)63(75(38,39)40)60(53)72(29,30)31/h41-43,54H,1-40H3. The number of rotatable bonds is 16. The molecule has 0 atom stereocenters. The summed E-state index contributed by atoms with van der Waals surface area (Å²) in [7, 11) is -27.9. The van der Waals surface area contributed by atoms with Crippen molar-refractivity contribution in [2.75, 3.05) is 0 Å². The van der Waals surface area contributed by atoms with Crippen LogP contribution in [0.4, 0.5) is 0 Å². The molecule has 0 amide bonds. The van der Waals surface area contributed by atoms with Crippen LogP contribution in [0.5, 0.6) is 0 Å². The van der Waals surface area contributed by atoms with E-state index in [4.69, 9.17) is 0 Å². The Labute approximate surface area is 488 Å². The molecule has 13 heteroatoms. The van der Waals surface area contributed by atoms with Gasteiger partial charge in [-0.2, -0.15) is 0 Å². The van der Waals surface area contributed by atoms with E-state index >= 15 is 0 Å². The molecule has 1 aliphatic rings. The molecular weight excluding hydrogens is 1120 g/mol. The average Bonchev–Trinajstić information content (AvgIpc) is 3.33. The third-order valence-electron chi connectivity index (χ3n) is 17.5. The van der Waals surface area contributed by atoms with Gasteiger partial charge in [0.05, 0.1) is 96.9 Å². The molecule has 0 aromatic heterocycles. The molecular formula is C63H124Si13. The van der Waals surface area contributed by atoms with Gasteiger partial charge < -0.3 is 0 Å². The van der Waals surface area contributed by atoms with Crippen LogP contribution in [-0.2, 0) is 0 Å². The summed E-state index contributed by atoms with van der Waals surface area (Å²) in [6.45, 7) is 111. The van der Waals surface area contributed by atoms with Gasteiger partial charge in [-0.25, -0.2) is 0 Å². The normalized spacial score (nSPS) is 16.3. The Hall–Kier alpha value is -0.0405. The molecule has 0 bridgehead atoms. The second-order valence-corrected chi connectivity index (χ2v) is 101. The zero-order valence-electron chi connectivity index (χ0n) is 58.3. The molecule has 0 saturated carbocycles. The largest absolute Gasteiger partial charge is 0.158 e. The highest BCUT2D eigenvalue weighted by molar-refractivity contribution is 7.24. The minimum atomic E-state index is -3.40. The molecule has 0 radical (unpaired) electrons. The lowest BCUT2D eigenvalue weighted by Crippen LogP contribution is -2.90. The fraction of sp³-hybridized carbons (Fsp3) is 0.651. The Kier molecular flexibility index (Phi) is 18.6. The number of benzene rings is 3. The summed E-state index contributed by atoms with van der Waals surface area (Å²) in [6, 6.07) is 9.58. The van der Waals surface area contributed by atoms with Gasteiger partial charge in [-0.05, 0) is 54.4 Å². The van der Waals surface area contributed by atoms with Crippen molar-refractivity contribution >= 4 is 183 Å². The van der Waals surface area contributed by atoms with E-state index in [1.807, 2.05) is 77.8 Å². The summed E-state index contributed by atoms with van der Waals surface area (Å²) in [5.74, 6) is 0. The highest BCUT2D eigenvalue weighted by atomic mass is 28.4. The Morgan fingerprint density at radius 3 is 0.474 bits per heavy atom. The highest BCUT2D eigenvalue weighted by Crippen LogP contribution is 2.46. The van der Waals surface area contributed by atoms with Crippen molar-refractivity contribution < 1.29 is 0 Å². The molecule has 0 heterocycles. The number of allylic oxidation sites excluding steroid dienone is 4. The maximum absolute atomic E-state index is 3.40. The minimum absolute atomic E-state index is 0.331. The fourth-order valence-electron chi connectivity index (χ4n) is 14.6. The topological polar surface area (TPSA) is 0 Å². The van der Waals surface area contributed by atoms with Gasteiger partial charge in [-0.3, -0.25) is 0 Å². The molecule has 1 aliphatic carbocycles. The van der Waals surface area contributed by atoms with Gasteiger partial charge in [0.15, 0.2) is 8.07 Å². The third-order valence-corrected chi connectivity index (χ3v) is 50.1. The molecule has 3 aromatic carbocycles. The molecule has 0 aliphatic heterocycles. The predicted octanol–water partition coefficient (Wildman–Crippen LogP) is 11.8. The van der Waals surface area contributed by atoms with Crippen LogP contribution in [0.2, 0.25) is 241 Å². The van der Waals surface area contributed by atoms with Gasteiger partial charge in [0, 0.05) is 5.54 Å². The van der Waals surface area contributed by atoms with Gasteiger partial charge in [-0.1, -0.05) is 327 Å². The fourth-order valence-corrected chi connectivity index (χ4v) is 67.9. The maximum Gasteiger partial charge on any atom is 0.158 e. The van der Waals surface area contributed by atoms with Gasteiger partial charge in [0.1, 0.15) is 0 Å². The second-order valence-electron chi connectivity index (χ2n) is 37.1. The minimum Gasteiger partial charge on any atom is -0.0656 e. The van der Waals surface area contributed by atoms with Crippen molar-refractivity contribution in [3.63, 3.8) is 0 Å². The quantitative estimate of drug-likeness (QED) is 0.0991. The smallest absolute Gasteiger partial charge is 0.0656 e. The van der Waals surface area contributed by atoms with Crippen LogP contribution in [0.3, 0.4) is 0 Å². The summed E-state index contributed by atoms with van der Waals surface area (Å²) in [5.41, 5.74) is 6.94. The van der Waals surface area contributed by atoms with E-state index in [-0.39, 0.29) is 0 Å². The first kappa shape index (κ1) is 68.5. The van der Waals surface area contributed by atoms with Crippen molar-refractivity contribution in [1.82, 2.24) is 0 Å². The number of hydrogen-bond donors (Lipinski definition) is 0. The molecule has 0 saturated heterocycles. The van der Waals surface area contributed by atoms with Crippen molar-refractivity contribution in [2.24, 2.45) is 0 Å². The van der Waals surface area contributed by atoms with Crippen molar-refractivity contribution in [1.29, 1.82) is 0 Å². The lowest BCUT2D eigenvalue weighted by Gasteiger charge is -2.53. The van der Waals surface area contributed by atoms with E-state index in [1.165, 1.54) is 0 Å². The Balaban J connectivity index is 3.19. The molecule has 76 heavy (non-hydrogen) atoms. The first-order valence-corrected chi connectivity index (χ1v) is 74.2. The predicted molar refractivity (Wildman–Crippen MR) is 400 cm³/mol. The zero-order valence-corrected chi connectivity index (χ0v) is 71.3. The highest BCUT2D eigenvalue weighted by Gasteiger charge is 2.59. The van der Waals surface area contributed by atoms with Crippen molar-refractivity contribution in [2.45, 2.75) is 269 Å². The Bertz CT molecular complexity index is 2530. The monoisotopic (exact) mass is 1240 g/mol. The summed E-state index contributed by atoms with van der Waals surface area (Å²) < 4.78 is 0. The molecule has 0 N–H and O–H groups in total. The molecule has 428 valence electrons. The van der Waals surface area contributed by atoms with E-state index in [0.717, 1.165) is 0 Å². The van der Waals surface area contributed by atoms with Crippen molar-refractivity contribution in [3.05, 3.63) is 40.5 Å². The van der Waals surface area contributed by atoms with Crippen LogP contribution in [0.15, 0.2) is 40.5 Å². The van der Waals surface area contributed by atoms with Crippen LogP contribution < -0.4 is 77.8 Å². The SMILES string of the molecule is CC1=C(C)C([Si](c2cc([Si](C)(C)C)c([Si](C)(C)C)c([Si](C)(C)C)c2[Si](C)(C)C)(c2cc([Si](C)(C)C)c([Si](C)(C)C)c([Si](C)(C)C)c2[Si](C)(C)C)c2cc([Si](C)(C)C)c([Si](C)(C)C)c([Si](C)(C)C)c2[Si](C)(C)C)C(C)=C1C. The molecule has 4 rings (SSSR count). The molecule has 3 aromatic rings. The van der Waals surface area contributed by atoms with Gasteiger partial charge in [0.25, 0.3) is 0 Å². The molecule has 0 fully saturated rings. The summed E-state index contributed by atoms with van der Waals surface area (Å²) in [5, 5.41) is 28.7. The van der Waals surface area contributed by atoms with Crippen LogP contribution >= 0.6 is 0 Å². The molecule has 0 nitrogen and oxygen atoms in total. The Morgan fingerprint density at radius 1 is 0.197 bits per heavy atom. The second kappa shape index (κ2) is 20.6. The Morgan fingerprint density at radius 2 is 0.342 bits per heavy atom. The maximum atomic E-state index is 3.19. The van der Waals surface area contributed by atoms with Crippen LogP contribution in [0.1, 0.15) is 27.7 Å². The lowest BCUT2D eigenvalue weighted by molar-refractivity contribution is 1.09. The number of hydrogen-bond acceptors (Lipinski definition) is 0. The molecule has 0 unspecified atom stereocenters.